The minimum atomic E-state index is 0.562. The molecule has 0 N–H and O–H groups in total. The smallest absolute Gasteiger partial charge is 0.0151 e. The molecule has 6 atom stereocenters. The van der Waals surface area contributed by atoms with Crippen LogP contribution in [0.1, 0.15) is 99.8 Å². The molecular formula is C23H42. The van der Waals surface area contributed by atoms with E-state index in [1.54, 1.807) is 0 Å². The van der Waals surface area contributed by atoms with E-state index in [4.69, 9.17) is 0 Å². The fraction of sp³-hybridized carbons (Fsp3) is 0.913. The Labute approximate surface area is 146 Å². The van der Waals surface area contributed by atoms with Crippen LogP contribution in [0.4, 0.5) is 0 Å². The molecule has 134 valence electrons. The summed E-state index contributed by atoms with van der Waals surface area (Å²) in [4.78, 5) is 0. The van der Waals surface area contributed by atoms with E-state index in [9.17, 15) is 0 Å². The van der Waals surface area contributed by atoms with Gasteiger partial charge in [-0.3, -0.25) is 0 Å². The number of hydrogen-bond acceptors (Lipinski definition) is 0. The van der Waals surface area contributed by atoms with Gasteiger partial charge in [-0.15, -0.1) is 0 Å². The maximum Gasteiger partial charge on any atom is -0.0151 e. The van der Waals surface area contributed by atoms with Gasteiger partial charge in [-0.25, -0.2) is 0 Å². The van der Waals surface area contributed by atoms with E-state index in [2.05, 4.69) is 54.5 Å². The first-order valence-electron chi connectivity index (χ1n) is 10.5. The molecule has 0 heterocycles. The van der Waals surface area contributed by atoms with Crippen LogP contribution < -0.4 is 0 Å². The van der Waals surface area contributed by atoms with Crippen molar-refractivity contribution in [2.24, 2.45) is 34.5 Å². The van der Waals surface area contributed by atoms with Crippen molar-refractivity contribution in [2.45, 2.75) is 99.8 Å². The molecule has 0 nitrogen and oxygen atoms in total. The average molecular weight is 319 g/mol. The molecule has 2 aliphatic rings. The van der Waals surface area contributed by atoms with Gasteiger partial charge >= 0.3 is 0 Å². The molecule has 23 heavy (non-hydrogen) atoms. The summed E-state index contributed by atoms with van der Waals surface area (Å²) in [5.41, 5.74) is 2.97. The summed E-state index contributed by atoms with van der Waals surface area (Å²) in [5, 5.41) is 0. The monoisotopic (exact) mass is 318 g/mol. The van der Waals surface area contributed by atoms with Crippen molar-refractivity contribution in [3.8, 4) is 0 Å². The molecule has 0 aliphatic heterocycles. The molecule has 1 saturated carbocycles. The molecule has 0 aromatic carbocycles. The van der Waals surface area contributed by atoms with Crippen LogP contribution in [0.25, 0.3) is 0 Å². The van der Waals surface area contributed by atoms with Gasteiger partial charge in [-0.1, -0.05) is 79.4 Å². The van der Waals surface area contributed by atoms with Crippen LogP contribution in [0.3, 0.4) is 0 Å². The van der Waals surface area contributed by atoms with Crippen molar-refractivity contribution in [3.05, 3.63) is 11.6 Å². The lowest BCUT2D eigenvalue weighted by atomic mass is 9.57. The van der Waals surface area contributed by atoms with Crippen molar-refractivity contribution >= 4 is 0 Å². The zero-order chi connectivity index (χ0) is 17.3. The topological polar surface area (TPSA) is 0 Å². The Bertz CT molecular complexity index is 420. The highest BCUT2D eigenvalue weighted by Gasteiger charge is 2.50. The zero-order valence-electron chi connectivity index (χ0n) is 17.0. The van der Waals surface area contributed by atoms with Gasteiger partial charge in [0, 0.05) is 0 Å². The molecule has 0 amide bonds. The van der Waals surface area contributed by atoms with Gasteiger partial charge in [0.25, 0.3) is 0 Å². The van der Waals surface area contributed by atoms with Crippen LogP contribution in [0, 0.1) is 34.5 Å². The molecule has 1 fully saturated rings. The molecule has 6 unspecified atom stereocenters. The fourth-order valence-corrected chi connectivity index (χ4v) is 6.36. The number of allylic oxidation sites excluding steroid dienone is 2. The van der Waals surface area contributed by atoms with Gasteiger partial charge in [-0.05, 0) is 66.6 Å². The van der Waals surface area contributed by atoms with Gasteiger partial charge in [0.1, 0.15) is 0 Å². The standard InChI is InChI=1S/C23H42/c1-8-18(5)21-19(6)14-17(4)15-20(21)16-23(10-3)13-11-12-22(23,7)9-2/h15,17-19,21H,8-14,16H2,1-7H3. The molecule has 0 saturated heterocycles. The third-order valence-electron chi connectivity index (χ3n) is 8.20. The lowest BCUT2D eigenvalue weighted by Gasteiger charge is -2.47. The first-order valence-corrected chi connectivity index (χ1v) is 10.5. The average Bonchev–Trinajstić information content (AvgIpc) is 2.84. The summed E-state index contributed by atoms with van der Waals surface area (Å²) >= 11 is 0. The van der Waals surface area contributed by atoms with Gasteiger partial charge in [0.15, 0.2) is 0 Å². The third-order valence-corrected chi connectivity index (χ3v) is 8.20. The molecule has 0 heteroatoms. The summed E-state index contributed by atoms with van der Waals surface area (Å²) in [6.45, 7) is 17.3. The number of hydrogen-bond donors (Lipinski definition) is 0. The Hall–Kier alpha value is -0.260. The summed E-state index contributed by atoms with van der Waals surface area (Å²) in [6.07, 6.45) is 13.9. The normalized spacial score (nSPS) is 42.6. The zero-order valence-corrected chi connectivity index (χ0v) is 17.0. The Morgan fingerprint density at radius 1 is 1.13 bits per heavy atom. The highest BCUT2D eigenvalue weighted by Crippen LogP contribution is 2.61. The molecule has 0 bridgehead atoms. The Morgan fingerprint density at radius 2 is 1.83 bits per heavy atom. The predicted octanol–water partition coefficient (Wildman–Crippen LogP) is 7.64. The van der Waals surface area contributed by atoms with Gasteiger partial charge in [0.05, 0.1) is 0 Å². The van der Waals surface area contributed by atoms with Crippen LogP contribution in [-0.4, -0.2) is 0 Å². The summed E-state index contributed by atoms with van der Waals surface area (Å²) in [6, 6.07) is 0. The van der Waals surface area contributed by atoms with Crippen LogP contribution in [0.2, 0.25) is 0 Å². The maximum atomic E-state index is 2.70. The van der Waals surface area contributed by atoms with Gasteiger partial charge < -0.3 is 0 Å². The van der Waals surface area contributed by atoms with Crippen LogP contribution in [-0.2, 0) is 0 Å². The van der Waals surface area contributed by atoms with Crippen LogP contribution in [0.5, 0.6) is 0 Å². The minimum absolute atomic E-state index is 0.562. The van der Waals surface area contributed by atoms with Crippen molar-refractivity contribution < 1.29 is 0 Å². The Balaban J connectivity index is 2.33. The lowest BCUT2D eigenvalue weighted by molar-refractivity contribution is 0.0690. The van der Waals surface area contributed by atoms with E-state index in [1.165, 1.54) is 51.4 Å². The van der Waals surface area contributed by atoms with E-state index < -0.39 is 0 Å². The second-order valence-electron chi connectivity index (χ2n) is 9.42. The predicted molar refractivity (Wildman–Crippen MR) is 104 cm³/mol. The number of rotatable bonds is 6. The van der Waals surface area contributed by atoms with E-state index in [0.717, 1.165) is 23.7 Å². The Morgan fingerprint density at radius 3 is 2.39 bits per heavy atom. The van der Waals surface area contributed by atoms with E-state index >= 15 is 0 Å². The first-order chi connectivity index (χ1) is 10.8. The van der Waals surface area contributed by atoms with Crippen LogP contribution in [0.15, 0.2) is 11.6 Å². The lowest BCUT2D eigenvalue weighted by Crippen LogP contribution is -2.37. The molecule has 2 rings (SSSR count). The van der Waals surface area contributed by atoms with Crippen LogP contribution >= 0.6 is 0 Å². The second kappa shape index (κ2) is 7.32. The van der Waals surface area contributed by atoms with Gasteiger partial charge in [0.2, 0.25) is 0 Å². The fourth-order valence-electron chi connectivity index (χ4n) is 6.36. The Kier molecular flexibility index (Phi) is 6.07. The van der Waals surface area contributed by atoms with Crippen molar-refractivity contribution in [2.75, 3.05) is 0 Å². The van der Waals surface area contributed by atoms with Crippen molar-refractivity contribution in [1.29, 1.82) is 0 Å². The second-order valence-corrected chi connectivity index (χ2v) is 9.42. The van der Waals surface area contributed by atoms with E-state index in [0.29, 0.717) is 10.8 Å². The molecule has 0 aromatic rings. The summed E-state index contributed by atoms with van der Waals surface area (Å²) in [7, 11) is 0. The first kappa shape index (κ1) is 19.1. The SMILES string of the molecule is CCC(C)C1C(CC2(CC)CCCC2(C)CC)=CC(C)CC1C. The highest BCUT2D eigenvalue weighted by atomic mass is 14.5. The maximum absolute atomic E-state index is 2.70. The highest BCUT2D eigenvalue weighted by molar-refractivity contribution is 5.19. The third kappa shape index (κ3) is 3.42. The molecular weight excluding hydrogens is 276 g/mol. The molecule has 0 spiro atoms. The largest absolute Gasteiger partial charge is 0.0822 e. The molecule has 0 aromatic heterocycles. The van der Waals surface area contributed by atoms with E-state index in [1.807, 2.05) is 5.57 Å². The summed E-state index contributed by atoms with van der Waals surface area (Å²) in [5.74, 6) is 3.32. The van der Waals surface area contributed by atoms with Crippen molar-refractivity contribution in [3.63, 3.8) is 0 Å². The van der Waals surface area contributed by atoms with E-state index in [-0.39, 0.29) is 0 Å². The molecule has 0 radical (unpaired) electrons. The molecule has 2 aliphatic carbocycles. The quantitative estimate of drug-likeness (QED) is 0.441. The van der Waals surface area contributed by atoms with Crippen molar-refractivity contribution in [1.82, 2.24) is 0 Å². The van der Waals surface area contributed by atoms with Gasteiger partial charge in [-0.2, -0.15) is 0 Å². The minimum Gasteiger partial charge on any atom is -0.0822 e. The summed E-state index contributed by atoms with van der Waals surface area (Å²) < 4.78 is 0.